The molecule has 1 N–H and O–H groups in total. The van der Waals surface area contributed by atoms with E-state index >= 15 is 0 Å². The minimum absolute atomic E-state index is 0.0458. The van der Waals surface area contributed by atoms with Crippen LogP contribution in [0, 0.1) is 5.82 Å². The average Bonchev–Trinajstić information content (AvgIpc) is 2.61. The van der Waals surface area contributed by atoms with Gasteiger partial charge in [0.2, 0.25) is 0 Å². The largest absolute Gasteiger partial charge is 0.478 e. The van der Waals surface area contributed by atoms with E-state index in [4.69, 9.17) is 28.3 Å². The Morgan fingerprint density at radius 2 is 1.53 bits per heavy atom. The lowest BCUT2D eigenvalue weighted by Crippen LogP contribution is -2.19. The summed E-state index contributed by atoms with van der Waals surface area (Å²) in [5, 5.41) is 7.28. The average molecular weight is 479 g/mol. The maximum Gasteiger partial charge on any atom is 0.417 e. The molecule has 0 saturated carbocycles. The molecule has 0 aliphatic rings. The van der Waals surface area contributed by atoms with Gasteiger partial charge in [-0.25, -0.2) is 13.6 Å². The van der Waals surface area contributed by atoms with Crippen molar-refractivity contribution in [1.29, 1.82) is 0 Å². The summed E-state index contributed by atoms with van der Waals surface area (Å²) in [5.74, 6) is -7.62. The Balaban J connectivity index is 2.62. The van der Waals surface area contributed by atoms with E-state index in [2.05, 4.69) is 0 Å². The van der Waals surface area contributed by atoms with Crippen molar-refractivity contribution in [3.8, 4) is 0 Å². The molecule has 1 atom stereocenters. The molecule has 0 aromatic heterocycles. The van der Waals surface area contributed by atoms with Gasteiger partial charge in [-0.3, -0.25) is 0 Å². The van der Waals surface area contributed by atoms with Crippen molar-refractivity contribution in [2.75, 3.05) is 0 Å². The third-order valence-electron chi connectivity index (χ3n) is 3.86. The molecular formula is C18H8Cl2F8O2. The first-order valence-corrected chi connectivity index (χ1v) is 8.42. The maximum atomic E-state index is 14.5. The molecule has 0 radical (unpaired) electrons. The van der Waals surface area contributed by atoms with E-state index in [1.54, 1.807) is 0 Å². The first kappa shape index (κ1) is 23.9. The number of hydrogen-bond donors (Lipinski definition) is 1. The summed E-state index contributed by atoms with van der Waals surface area (Å²) in [4.78, 5) is 10.9. The van der Waals surface area contributed by atoms with Crippen molar-refractivity contribution in [2.24, 2.45) is 0 Å². The Morgan fingerprint density at radius 1 is 1.00 bits per heavy atom. The second-order valence-electron chi connectivity index (χ2n) is 5.90. The highest BCUT2D eigenvalue weighted by Gasteiger charge is 2.41. The normalized spacial score (nSPS) is 14.0. The van der Waals surface area contributed by atoms with Crippen LogP contribution in [-0.4, -0.2) is 17.3 Å². The lowest BCUT2D eigenvalue weighted by molar-refractivity contribution is -0.140. The van der Waals surface area contributed by atoms with Crippen molar-refractivity contribution in [3.63, 3.8) is 0 Å². The molecule has 0 fully saturated rings. The smallest absolute Gasteiger partial charge is 0.417 e. The summed E-state index contributed by atoms with van der Waals surface area (Å²) in [6.07, 6.45) is -10.4. The Kier molecular flexibility index (Phi) is 6.72. The Morgan fingerprint density at radius 3 is 1.97 bits per heavy atom. The molecule has 2 rings (SSSR count). The van der Waals surface area contributed by atoms with E-state index < -0.39 is 68.2 Å². The second kappa shape index (κ2) is 8.43. The first-order valence-electron chi connectivity index (χ1n) is 7.66. The molecule has 0 bridgehead atoms. The van der Waals surface area contributed by atoms with E-state index in [9.17, 15) is 39.9 Å². The Bertz CT molecular complexity index is 989. The molecule has 1 unspecified atom stereocenters. The number of aromatic carboxylic acids is 1. The van der Waals surface area contributed by atoms with Gasteiger partial charge in [-0.1, -0.05) is 29.3 Å². The number of halogens is 10. The van der Waals surface area contributed by atoms with Gasteiger partial charge in [0.1, 0.15) is 11.7 Å². The summed E-state index contributed by atoms with van der Waals surface area (Å²) >= 11 is 10.9. The topological polar surface area (TPSA) is 37.3 Å². The highest BCUT2D eigenvalue weighted by atomic mass is 35.5. The van der Waals surface area contributed by atoms with Crippen LogP contribution < -0.4 is 0 Å². The van der Waals surface area contributed by atoms with Crippen LogP contribution in [0.25, 0.3) is 5.83 Å². The molecule has 2 nitrogen and oxygen atoms in total. The zero-order valence-electron chi connectivity index (χ0n) is 14.2. The predicted molar refractivity (Wildman–Crippen MR) is 92.7 cm³/mol. The van der Waals surface area contributed by atoms with Gasteiger partial charge in [0.15, 0.2) is 5.82 Å². The van der Waals surface area contributed by atoms with Gasteiger partial charge < -0.3 is 5.11 Å². The zero-order valence-corrected chi connectivity index (χ0v) is 15.7. The lowest BCUT2D eigenvalue weighted by atomic mass is 9.95. The number of alkyl halides is 6. The van der Waals surface area contributed by atoms with Crippen LogP contribution in [0.15, 0.2) is 36.4 Å². The van der Waals surface area contributed by atoms with Gasteiger partial charge in [0.25, 0.3) is 0 Å². The van der Waals surface area contributed by atoms with Crippen LogP contribution in [0.1, 0.15) is 33.0 Å². The number of allylic oxidation sites excluding steroid dienone is 1. The number of hydrogen-bond acceptors (Lipinski definition) is 1. The molecule has 30 heavy (non-hydrogen) atoms. The third-order valence-corrected chi connectivity index (χ3v) is 4.41. The summed E-state index contributed by atoms with van der Waals surface area (Å²) in [5.41, 5.74) is -4.65. The van der Waals surface area contributed by atoms with Gasteiger partial charge >= 0.3 is 18.3 Å². The number of carbonyl (C=O) groups is 1. The van der Waals surface area contributed by atoms with E-state index in [0.29, 0.717) is 24.3 Å². The van der Waals surface area contributed by atoms with E-state index in [1.807, 2.05) is 0 Å². The fraction of sp³-hybridized carbons (Fsp3) is 0.167. The molecule has 0 amide bonds. The highest BCUT2D eigenvalue weighted by molar-refractivity contribution is 6.35. The monoisotopic (exact) mass is 478 g/mol. The molecule has 2 aromatic carbocycles. The fourth-order valence-corrected chi connectivity index (χ4v) is 2.99. The van der Waals surface area contributed by atoms with E-state index in [-0.39, 0.29) is 12.1 Å². The van der Waals surface area contributed by atoms with Crippen LogP contribution >= 0.6 is 23.2 Å². The van der Waals surface area contributed by atoms with Crippen molar-refractivity contribution in [1.82, 2.24) is 0 Å². The van der Waals surface area contributed by atoms with Crippen LogP contribution in [0.4, 0.5) is 35.1 Å². The number of carboxylic acid groups (broad SMARTS) is 1. The van der Waals surface area contributed by atoms with E-state index in [1.165, 1.54) is 0 Å². The summed E-state index contributed by atoms with van der Waals surface area (Å²) in [7, 11) is 0. The summed E-state index contributed by atoms with van der Waals surface area (Å²) in [6, 6.07) is 2.19. The van der Waals surface area contributed by atoms with Crippen LogP contribution in [0.3, 0.4) is 0 Å². The third kappa shape index (κ3) is 5.23. The Labute approximate surface area is 173 Å². The second-order valence-corrected chi connectivity index (χ2v) is 6.71. The molecule has 0 aliphatic heterocycles. The van der Waals surface area contributed by atoms with Gasteiger partial charge in [-0.05, 0) is 35.9 Å². The van der Waals surface area contributed by atoms with E-state index in [0.717, 1.165) is 0 Å². The van der Waals surface area contributed by atoms with Gasteiger partial charge in [0, 0.05) is 5.56 Å². The van der Waals surface area contributed by atoms with Crippen molar-refractivity contribution in [3.05, 3.63) is 74.5 Å². The Hall–Kier alpha value is -2.33. The maximum absolute atomic E-state index is 14.5. The van der Waals surface area contributed by atoms with Crippen molar-refractivity contribution < 1.29 is 45.0 Å². The zero-order chi connectivity index (χ0) is 23.0. The fourth-order valence-electron chi connectivity index (χ4n) is 2.49. The molecule has 0 aliphatic carbocycles. The molecule has 12 heteroatoms. The number of carboxylic acids is 1. The highest BCUT2D eigenvalue weighted by Crippen LogP contribution is 2.41. The minimum atomic E-state index is -5.20. The quantitative estimate of drug-likeness (QED) is 0.364. The van der Waals surface area contributed by atoms with Crippen molar-refractivity contribution >= 4 is 35.0 Å². The van der Waals surface area contributed by atoms with Crippen LogP contribution in [-0.2, 0) is 6.18 Å². The number of rotatable bonds is 4. The molecule has 162 valence electrons. The predicted octanol–water partition coefficient (Wildman–Crippen LogP) is 7.51. The lowest BCUT2D eigenvalue weighted by Gasteiger charge is -2.19. The molecule has 0 heterocycles. The molecular weight excluding hydrogens is 471 g/mol. The molecule has 0 spiro atoms. The van der Waals surface area contributed by atoms with Gasteiger partial charge in [0.05, 0.1) is 21.2 Å². The SMILES string of the molecule is O=C(O)c1ccc(C(F)=CC(c2cc(Cl)c(F)c(Cl)c2)C(F)(F)F)cc1C(F)(F)F. The van der Waals surface area contributed by atoms with Gasteiger partial charge in [-0.2, -0.15) is 26.3 Å². The van der Waals surface area contributed by atoms with Crippen LogP contribution in [0.2, 0.25) is 10.0 Å². The first-order chi connectivity index (χ1) is 13.6. The van der Waals surface area contributed by atoms with Crippen LogP contribution in [0.5, 0.6) is 0 Å². The number of benzene rings is 2. The van der Waals surface area contributed by atoms with Gasteiger partial charge in [-0.15, -0.1) is 0 Å². The molecule has 2 aromatic rings. The molecule has 0 saturated heterocycles. The minimum Gasteiger partial charge on any atom is -0.478 e. The summed E-state index contributed by atoms with van der Waals surface area (Å²) < 4.78 is 107. The van der Waals surface area contributed by atoms with Crippen molar-refractivity contribution in [2.45, 2.75) is 18.3 Å². The standard InChI is InChI=1S/C18H8Cl2F8O2/c19-12-4-8(5-13(20)15(12)22)10(17(23,24)25)6-14(21)7-1-2-9(16(29)30)11(3-7)18(26,27)28/h1-6,10H,(H,29,30). The summed E-state index contributed by atoms with van der Waals surface area (Å²) in [6.45, 7) is 0.